The van der Waals surface area contributed by atoms with Crippen LogP contribution in [0.2, 0.25) is 0 Å². The molecule has 0 unspecified atom stereocenters. The van der Waals surface area contributed by atoms with E-state index in [1.807, 2.05) is 0 Å². The predicted octanol–water partition coefficient (Wildman–Crippen LogP) is 1.94. The lowest BCUT2D eigenvalue weighted by atomic mass is 10.2. The van der Waals surface area contributed by atoms with Crippen molar-refractivity contribution in [1.29, 1.82) is 0 Å². The third-order valence-electron chi connectivity index (χ3n) is 2.25. The first-order chi connectivity index (χ1) is 9.47. The van der Waals surface area contributed by atoms with Gasteiger partial charge in [0.15, 0.2) is 5.16 Å². The summed E-state index contributed by atoms with van der Waals surface area (Å²) in [5.41, 5.74) is -0.213. The van der Waals surface area contributed by atoms with Crippen molar-refractivity contribution >= 4 is 23.4 Å². The van der Waals surface area contributed by atoms with Gasteiger partial charge in [0.05, 0.1) is 4.92 Å². The van der Waals surface area contributed by atoms with Gasteiger partial charge < -0.3 is 5.11 Å². The molecule has 0 spiro atoms. The van der Waals surface area contributed by atoms with Gasteiger partial charge in [-0.1, -0.05) is 0 Å². The summed E-state index contributed by atoms with van der Waals surface area (Å²) in [7, 11) is 0. The monoisotopic (exact) mass is 292 g/mol. The zero-order valence-electron chi connectivity index (χ0n) is 10.2. The molecular weight excluding hydrogens is 284 g/mol. The molecule has 2 rings (SSSR count). The van der Waals surface area contributed by atoms with Crippen LogP contribution in [0.3, 0.4) is 0 Å². The Balaban J connectivity index is 2.36. The molecule has 0 saturated heterocycles. The minimum atomic E-state index is -1.38. The van der Waals surface area contributed by atoms with Gasteiger partial charge >= 0.3 is 11.7 Å². The second-order valence-corrected chi connectivity index (χ2v) is 4.67. The topological polar surface area (TPSA) is 119 Å². The van der Waals surface area contributed by atoms with Crippen molar-refractivity contribution < 1.29 is 14.8 Å². The summed E-state index contributed by atoms with van der Waals surface area (Å²) in [6.45, 7) is 1.79. The molecule has 2 heterocycles. The molecule has 0 aromatic carbocycles. The van der Waals surface area contributed by atoms with Gasteiger partial charge in [-0.05, 0) is 30.8 Å². The number of aryl methyl sites for hydroxylation is 1. The van der Waals surface area contributed by atoms with Crippen molar-refractivity contribution in [1.82, 2.24) is 15.0 Å². The van der Waals surface area contributed by atoms with Crippen LogP contribution < -0.4 is 0 Å². The molecule has 0 bridgehead atoms. The van der Waals surface area contributed by atoms with E-state index in [9.17, 15) is 14.9 Å². The van der Waals surface area contributed by atoms with E-state index in [1.54, 1.807) is 19.2 Å². The average Bonchev–Trinajstić information content (AvgIpc) is 2.38. The number of nitrogens with zero attached hydrogens (tertiary/aromatic N) is 4. The van der Waals surface area contributed by atoms with Crippen molar-refractivity contribution in [2.75, 3.05) is 0 Å². The Morgan fingerprint density at radius 3 is 2.80 bits per heavy atom. The molecule has 1 N–H and O–H groups in total. The van der Waals surface area contributed by atoms with Gasteiger partial charge in [0.1, 0.15) is 16.8 Å². The molecule has 9 heteroatoms. The van der Waals surface area contributed by atoms with E-state index >= 15 is 0 Å². The first kappa shape index (κ1) is 13.9. The van der Waals surface area contributed by atoms with Gasteiger partial charge in [0.25, 0.3) is 0 Å². The quantitative estimate of drug-likeness (QED) is 0.515. The predicted molar refractivity (Wildman–Crippen MR) is 68.7 cm³/mol. The Bertz CT molecular complexity index is 692. The fraction of sp³-hybridized carbons (Fsp3) is 0.0909. The number of pyridine rings is 1. The molecule has 102 valence electrons. The SMILES string of the molecule is Cc1ccnc(Sc2cc(C(=O)O)c([N+](=O)[O-])cn2)n1. The van der Waals surface area contributed by atoms with Crippen molar-refractivity contribution in [3.63, 3.8) is 0 Å². The maximum Gasteiger partial charge on any atom is 0.342 e. The fourth-order valence-corrected chi connectivity index (χ4v) is 2.14. The summed E-state index contributed by atoms with van der Waals surface area (Å²) in [6.07, 6.45) is 2.48. The van der Waals surface area contributed by atoms with Crippen LogP contribution in [0.1, 0.15) is 16.1 Å². The van der Waals surface area contributed by atoms with Gasteiger partial charge in [-0.15, -0.1) is 0 Å². The highest BCUT2D eigenvalue weighted by molar-refractivity contribution is 7.99. The third-order valence-corrected chi connectivity index (χ3v) is 3.07. The molecule has 2 aromatic rings. The lowest BCUT2D eigenvalue weighted by molar-refractivity contribution is -0.385. The lowest BCUT2D eigenvalue weighted by Crippen LogP contribution is -2.04. The summed E-state index contributed by atoms with van der Waals surface area (Å²) >= 11 is 1.03. The number of rotatable bonds is 4. The number of aromatic nitrogens is 3. The van der Waals surface area contributed by atoms with E-state index in [-0.39, 0.29) is 5.03 Å². The van der Waals surface area contributed by atoms with Crippen LogP contribution in [0.25, 0.3) is 0 Å². The van der Waals surface area contributed by atoms with Crippen LogP contribution in [0.4, 0.5) is 5.69 Å². The molecule has 0 saturated carbocycles. The zero-order chi connectivity index (χ0) is 14.7. The fourth-order valence-electron chi connectivity index (χ4n) is 1.37. The van der Waals surface area contributed by atoms with E-state index in [4.69, 9.17) is 5.11 Å². The summed E-state index contributed by atoms with van der Waals surface area (Å²) in [5.74, 6) is -1.38. The smallest absolute Gasteiger partial charge is 0.342 e. The Labute approximate surface area is 117 Å². The third kappa shape index (κ3) is 3.06. The molecule has 0 aliphatic heterocycles. The van der Waals surface area contributed by atoms with Gasteiger partial charge in [-0.2, -0.15) is 0 Å². The van der Waals surface area contributed by atoms with Crippen molar-refractivity contribution in [3.8, 4) is 0 Å². The number of carbonyl (C=O) groups is 1. The highest BCUT2D eigenvalue weighted by Gasteiger charge is 2.21. The summed E-state index contributed by atoms with van der Waals surface area (Å²) < 4.78 is 0. The highest BCUT2D eigenvalue weighted by Crippen LogP contribution is 2.27. The second kappa shape index (κ2) is 5.61. The number of hydrogen-bond donors (Lipinski definition) is 1. The van der Waals surface area contributed by atoms with Crippen LogP contribution in [0.15, 0.2) is 34.7 Å². The summed E-state index contributed by atoms with van der Waals surface area (Å²) in [4.78, 5) is 32.9. The molecule has 0 amide bonds. The lowest BCUT2D eigenvalue weighted by Gasteiger charge is -2.02. The Kier molecular flexibility index (Phi) is 3.89. The normalized spacial score (nSPS) is 10.2. The zero-order valence-corrected chi connectivity index (χ0v) is 11.0. The number of nitro groups is 1. The van der Waals surface area contributed by atoms with Crippen LogP contribution in [0.5, 0.6) is 0 Å². The first-order valence-corrected chi connectivity index (χ1v) is 6.14. The van der Waals surface area contributed by atoms with Crippen molar-refractivity contribution in [2.45, 2.75) is 17.1 Å². The molecule has 0 fully saturated rings. The van der Waals surface area contributed by atoms with Crippen LogP contribution >= 0.6 is 11.8 Å². The molecule has 0 aliphatic carbocycles. The minimum absolute atomic E-state index is 0.276. The first-order valence-electron chi connectivity index (χ1n) is 5.32. The van der Waals surface area contributed by atoms with E-state index in [1.165, 1.54) is 0 Å². The summed E-state index contributed by atoms with van der Waals surface area (Å²) in [5, 5.41) is 20.4. The molecule has 0 atom stereocenters. The Morgan fingerprint density at radius 1 is 1.45 bits per heavy atom. The van der Waals surface area contributed by atoms with Crippen molar-refractivity contribution in [3.05, 3.63) is 45.9 Å². The van der Waals surface area contributed by atoms with Gasteiger partial charge in [0.2, 0.25) is 0 Å². The number of hydrogen-bond acceptors (Lipinski definition) is 7. The molecule has 2 aromatic heterocycles. The standard InChI is InChI=1S/C11H8N4O4S/c1-6-2-3-12-11(14-6)20-9-4-7(10(16)17)8(5-13-9)15(18)19/h2-5H,1H3,(H,16,17). The molecule has 0 radical (unpaired) electrons. The van der Waals surface area contributed by atoms with Gasteiger partial charge in [0, 0.05) is 11.9 Å². The van der Waals surface area contributed by atoms with Crippen LogP contribution in [-0.2, 0) is 0 Å². The second-order valence-electron chi connectivity index (χ2n) is 3.68. The van der Waals surface area contributed by atoms with E-state index < -0.39 is 22.1 Å². The molecule has 20 heavy (non-hydrogen) atoms. The van der Waals surface area contributed by atoms with E-state index in [0.29, 0.717) is 5.16 Å². The van der Waals surface area contributed by atoms with Gasteiger partial charge in [-0.3, -0.25) is 10.1 Å². The molecule has 8 nitrogen and oxygen atoms in total. The molecule has 0 aliphatic rings. The Hall–Kier alpha value is -2.55. The highest BCUT2D eigenvalue weighted by atomic mass is 32.2. The van der Waals surface area contributed by atoms with Crippen LogP contribution in [0, 0.1) is 17.0 Å². The van der Waals surface area contributed by atoms with E-state index in [2.05, 4.69) is 15.0 Å². The van der Waals surface area contributed by atoms with E-state index in [0.717, 1.165) is 29.7 Å². The van der Waals surface area contributed by atoms with Gasteiger partial charge in [-0.25, -0.2) is 19.7 Å². The largest absolute Gasteiger partial charge is 0.477 e. The maximum absolute atomic E-state index is 11.0. The number of aromatic carboxylic acids is 1. The number of carboxylic acids is 1. The van der Waals surface area contributed by atoms with Crippen LogP contribution in [-0.4, -0.2) is 31.0 Å². The average molecular weight is 292 g/mol. The molecular formula is C11H8N4O4S. The maximum atomic E-state index is 11.0. The number of carboxylic acid groups (broad SMARTS) is 1. The van der Waals surface area contributed by atoms with Crippen molar-refractivity contribution in [2.24, 2.45) is 0 Å². The summed E-state index contributed by atoms with van der Waals surface area (Å²) in [6, 6.07) is 2.85. The Morgan fingerprint density at radius 2 is 2.20 bits per heavy atom. The minimum Gasteiger partial charge on any atom is -0.477 e.